The Morgan fingerprint density at radius 2 is 1.04 bits per heavy atom. The van der Waals surface area contributed by atoms with E-state index in [0.29, 0.717) is 0 Å². The molecule has 0 atom stereocenters. The first-order valence-corrected chi connectivity index (χ1v) is 7.77. The quantitative estimate of drug-likeness (QED) is 0.315. The van der Waals surface area contributed by atoms with E-state index in [4.69, 9.17) is 0 Å². The number of aromatic nitrogens is 4. The molecule has 0 saturated carbocycles. The van der Waals surface area contributed by atoms with Gasteiger partial charge in [-0.05, 0) is 42.5 Å². The molecule has 0 unspecified atom stereocenters. The molecular weight excluding hydrogens is 352 g/mol. The topological polar surface area (TPSA) is 57.4 Å². The molecule has 25 heavy (non-hydrogen) atoms. The number of hydrogen-bond donors (Lipinski definition) is 2. The van der Waals surface area contributed by atoms with Crippen LogP contribution >= 0.6 is 0 Å². The summed E-state index contributed by atoms with van der Waals surface area (Å²) in [5.41, 5.74) is 7.50. The normalized spacial score (nSPS) is 12.2. The van der Waals surface area contributed by atoms with E-state index in [-0.39, 0.29) is 17.1 Å². The van der Waals surface area contributed by atoms with Crippen LogP contribution in [0.4, 0.5) is 0 Å². The summed E-state index contributed by atoms with van der Waals surface area (Å²) in [5.74, 6) is 0. The van der Waals surface area contributed by atoms with E-state index in [1.54, 1.807) is 0 Å². The predicted octanol–water partition coefficient (Wildman–Crippen LogP) is 4.45. The average Bonchev–Trinajstić information content (AvgIpc) is 3.32. The molecule has 0 spiro atoms. The van der Waals surface area contributed by atoms with Crippen LogP contribution in [0.2, 0.25) is 0 Å². The van der Waals surface area contributed by atoms with Gasteiger partial charge in [-0.15, -0.1) is 18.2 Å². The number of rotatable bonds is 0. The Hall–Kier alpha value is -2.88. The van der Waals surface area contributed by atoms with E-state index in [1.165, 1.54) is 0 Å². The standard InChI is InChI=1S/C20H13N4.Fe/c1-2-14-10-16-5-6-18(23-16)12-20-8-7-19(24-20)11-17-4-3-15(22-17)9-13(1)21-14;/h1-11,23-24H;/q-1;. The largest absolute Gasteiger partial charge is 0.379 e. The van der Waals surface area contributed by atoms with Gasteiger partial charge in [0.2, 0.25) is 0 Å². The van der Waals surface area contributed by atoms with E-state index in [9.17, 15) is 0 Å². The Labute approximate surface area is 154 Å². The van der Waals surface area contributed by atoms with Gasteiger partial charge in [-0.25, -0.2) is 9.97 Å². The van der Waals surface area contributed by atoms with Crippen LogP contribution in [0.25, 0.3) is 46.4 Å². The van der Waals surface area contributed by atoms with Crippen LogP contribution in [0.15, 0.2) is 42.5 Å². The molecule has 4 nitrogen and oxygen atoms in total. The van der Waals surface area contributed by atoms with Gasteiger partial charge >= 0.3 is 0 Å². The zero-order valence-corrected chi connectivity index (χ0v) is 14.2. The van der Waals surface area contributed by atoms with Crippen molar-refractivity contribution in [3.63, 3.8) is 0 Å². The van der Waals surface area contributed by atoms with Gasteiger partial charge in [-0.3, -0.25) is 0 Å². The van der Waals surface area contributed by atoms with Crippen molar-refractivity contribution >= 4 is 46.4 Å². The molecule has 0 aliphatic carbocycles. The summed E-state index contributed by atoms with van der Waals surface area (Å²) in [5, 5.41) is 0. The molecule has 3 aromatic rings. The van der Waals surface area contributed by atoms with E-state index < -0.39 is 0 Å². The first kappa shape index (κ1) is 15.6. The second-order valence-electron chi connectivity index (χ2n) is 5.80. The van der Waals surface area contributed by atoms with Crippen molar-refractivity contribution in [3.8, 4) is 0 Å². The summed E-state index contributed by atoms with van der Waals surface area (Å²) in [6.45, 7) is 0. The van der Waals surface area contributed by atoms with E-state index >= 15 is 0 Å². The van der Waals surface area contributed by atoms with E-state index in [2.05, 4.69) is 26.0 Å². The van der Waals surface area contributed by atoms with E-state index in [1.807, 2.05) is 66.8 Å². The Kier molecular flexibility index (Phi) is 3.88. The summed E-state index contributed by atoms with van der Waals surface area (Å²) in [7, 11) is 0. The minimum atomic E-state index is 0. The Morgan fingerprint density at radius 1 is 0.600 bits per heavy atom. The number of fused-ring (bicyclic) bond motifs is 8. The fourth-order valence-electron chi connectivity index (χ4n) is 2.86. The maximum atomic E-state index is 4.61. The SMILES string of the molecule is [Fe].[c-]1c2ccc(cc3nc(cc4nc(cc5ccc1[nH]5)C=C4)C=C3)[nH]2. The third-order valence-electron chi connectivity index (χ3n) is 3.96. The van der Waals surface area contributed by atoms with Crippen molar-refractivity contribution in [2.24, 2.45) is 0 Å². The van der Waals surface area contributed by atoms with Gasteiger partial charge in [0, 0.05) is 28.1 Å². The Bertz CT molecular complexity index is 1080. The minimum Gasteiger partial charge on any atom is -0.379 e. The van der Waals surface area contributed by atoms with Gasteiger partial charge in [0.25, 0.3) is 0 Å². The fourth-order valence-corrected chi connectivity index (χ4v) is 2.86. The third kappa shape index (κ3) is 3.20. The molecule has 0 amide bonds. The molecule has 5 heterocycles. The summed E-state index contributed by atoms with van der Waals surface area (Å²) in [6.07, 6.45) is 8.01. The van der Waals surface area contributed by atoms with Crippen LogP contribution in [0, 0.1) is 6.07 Å². The van der Waals surface area contributed by atoms with Crippen LogP contribution in [0.1, 0.15) is 22.8 Å². The van der Waals surface area contributed by atoms with Crippen LogP contribution in [0.5, 0.6) is 0 Å². The average molecular weight is 365 g/mol. The molecule has 0 aromatic carbocycles. The molecule has 122 valence electrons. The number of aromatic amines is 2. The summed E-state index contributed by atoms with van der Waals surface area (Å²) in [4.78, 5) is 15.9. The molecular formula is C20H13FeN4-. The molecule has 2 aliphatic heterocycles. The summed E-state index contributed by atoms with van der Waals surface area (Å²) in [6, 6.07) is 17.4. The Morgan fingerprint density at radius 3 is 1.52 bits per heavy atom. The second-order valence-corrected chi connectivity index (χ2v) is 5.80. The van der Waals surface area contributed by atoms with Crippen molar-refractivity contribution in [3.05, 3.63) is 71.3 Å². The third-order valence-corrected chi connectivity index (χ3v) is 3.96. The van der Waals surface area contributed by atoms with Gasteiger partial charge in [-0.1, -0.05) is 23.2 Å². The number of nitrogens with one attached hydrogen (secondary N) is 2. The van der Waals surface area contributed by atoms with Gasteiger partial charge in [0.15, 0.2) is 0 Å². The van der Waals surface area contributed by atoms with Gasteiger partial charge in [0.1, 0.15) is 0 Å². The van der Waals surface area contributed by atoms with Crippen LogP contribution in [-0.2, 0) is 17.1 Å². The Balaban J connectivity index is 0.00000157. The smallest absolute Gasteiger partial charge is 0.0659 e. The van der Waals surface area contributed by atoms with Gasteiger partial charge in [-0.2, -0.15) is 0 Å². The first-order chi connectivity index (χ1) is 11.8. The maximum Gasteiger partial charge on any atom is 0.0659 e. The summed E-state index contributed by atoms with van der Waals surface area (Å²) >= 11 is 0. The molecule has 0 fully saturated rings. The van der Waals surface area contributed by atoms with Gasteiger partial charge < -0.3 is 9.97 Å². The van der Waals surface area contributed by atoms with Crippen LogP contribution < -0.4 is 0 Å². The van der Waals surface area contributed by atoms with Crippen molar-refractivity contribution < 1.29 is 17.1 Å². The van der Waals surface area contributed by atoms with E-state index in [0.717, 1.165) is 44.8 Å². The molecule has 8 bridgehead atoms. The van der Waals surface area contributed by atoms with Gasteiger partial charge in [0.05, 0.1) is 22.8 Å². The second kappa shape index (κ2) is 6.20. The maximum absolute atomic E-state index is 4.61. The molecule has 2 N–H and O–H groups in total. The molecule has 3 aromatic heterocycles. The number of hydrogen-bond acceptors (Lipinski definition) is 2. The number of H-pyrrole nitrogens is 2. The van der Waals surface area contributed by atoms with Crippen molar-refractivity contribution in [2.75, 3.05) is 0 Å². The number of nitrogens with zero attached hydrogens (tertiary/aromatic N) is 2. The van der Waals surface area contributed by atoms with Crippen LogP contribution in [0.3, 0.4) is 0 Å². The molecule has 5 rings (SSSR count). The van der Waals surface area contributed by atoms with Crippen molar-refractivity contribution in [1.82, 2.24) is 19.9 Å². The molecule has 2 aliphatic rings. The molecule has 0 radical (unpaired) electrons. The fraction of sp³-hybridized carbons (Fsp3) is 0. The summed E-state index contributed by atoms with van der Waals surface area (Å²) < 4.78 is 0. The van der Waals surface area contributed by atoms with Crippen LogP contribution in [-0.4, -0.2) is 19.9 Å². The molecule has 0 saturated heterocycles. The first-order valence-electron chi connectivity index (χ1n) is 7.77. The minimum absolute atomic E-state index is 0. The van der Waals surface area contributed by atoms with Crippen molar-refractivity contribution in [1.29, 1.82) is 0 Å². The van der Waals surface area contributed by atoms with Crippen molar-refractivity contribution in [2.45, 2.75) is 0 Å². The predicted molar refractivity (Wildman–Crippen MR) is 97.7 cm³/mol. The molecule has 5 heteroatoms. The monoisotopic (exact) mass is 365 g/mol. The zero-order valence-electron chi connectivity index (χ0n) is 13.1. The zero-order chi connectivity index (χ0) is 15.9.